The van der Waals surface area contributed by atoms with E-state index in [0.717, 1.165) is 16.6 Å². The molecule has 1 heterocycles. The summed E-state index contributed by atoms with van der Waals surface area (Å²) in [5.41, 5.74) is 3.58. The zero-order valence-electron chi connectivity index (χ0n) is 11.8. The van der Waals surface area contributed by atoms with E-state index in [4.69, 9.17) is 4.42 Å². The Morgan fingerprint density at radius 3 is 2.70 bits per heavy atom. The van der Waals surface area contributed by atoms with E-state index < -0.39 is 0 Å². The Bertz CT molecular complexity index is 567. The second-order valence-electron chi connectivity index (χ2n) is 4.35. The Balaban J connectivity index is 0.00000200. The minimum atomic E-state index is 0. The van der Waals surface area contributed by atoms with Crippen LogP contribution in [0.1, 0.15) is 16.9 Å². The Labute approximate surface area is 141 Å². The Morgan fingerprint density at radius 2 is 2.10 bits per heavy atom. The van der Waals surface area contributed by atoms with Gasteiger partial charge in [0.25, 0.3) is 0 Å². The summed E-state index contributed by atoms with van der Waals surface area (Å²) in [6, 6.07) is 10.1. The molecule has 1 aromatic heterocycles. The van der Waals surface area contributed by atoms with Gasteiger partial charge in [0.1, 0.15) is 5.76 Å². The van der Waals surface area contributed by atoms with Crippen LogP contribution >= 0.6 is 11.8 Å². The lowest BCUT2D eigenvalue weighted by atomic mass is 10.1. The molecule has 0 atom stereocenters. The van der Waals surface area contributed by atoms with Gasteiger partial charge in [-0.25, -0.2) is 0 Å². The van der Waals surface area contributed by atoms with E-state index in [1.54, 1.807) is 18.0 Å². The third-order valence-corrected chi connectivity index (χ3v) is 3.39. The predicted molar refractivity (Wildman–Crippen MR) is 82.9 cm³/mol. The van der Waals surface area contributed by atoms with Crippen LogP contribution in [-0.2, 0) is 6.54 Å². The number of thioether (sulfide) groups is 1. The topological polar surface area (TPSA) is 37.5 Å². The van der Waals surface area contributed by atoms with Crippen LogP contribution in [0.5, 0.6) is 0 Å². The van der Waals surface area contributed by atoms with Crippen LogP contribution in [0.3, 0.4) is 0 Å². The molecule has 0 amide bonds. The van der Waals surface area contributed by atoms with E-state index >= 15 is 0 Å². The average Bonchev–Trinajstić information content (AvgIpc) is 2.90. The fraction of sp³-hybridized carbons (Fsp3) is 0.267. The number of halogens is 1. The van der Waals surface area contributed by atoms with Crippen LogP contribution in [0.2, 0.25) is 0 Å². The second kappa shape index (κ2) is 8.36. The maximum Gasteiger partial charge on any atom is 0.161 e. The van der Waals surface area contributed by atoms with E-state index in [9.17, 15) is 0 Å². The quantitative estimate of drug-likeness (QED) is 0.478. The molecule has 5 heteroatoms. The fourth-order valence-electron chi connectivity index (χ4n) is 1.78. The third-order valence-electron chi connectivity index (χ3n) is 2.78. The van der Waals surface area contributed by atoms with Crippen molar-refractivity contribution in [2.24, 2.45) is 4.99 Å². The van der Waals surface area contributed by atoms with Gasteiger partial charge in [-0.2, -0.15) is 0 Å². The largest absolute Gasteiger partial charge is 1.00 e. The molecule has 1 N–H and O–H groups in total. The molecule has 2 aromatic rings. The van der Waals surface area contributed by atoms with E-state index in [2.05, 4.69) is 42.4 Å². The number of anilines is 1. The van der Waals surface area contributed by atoms with E-state index in [0.29, 0.717) is 6.54 Å². The maximum atomic E-state index is 5.27. The molecular formula is C15H18IN2OS-. The number of nitrogens with one attached hydrogen (secondary N) is 1. The standard InChI is InChI=1S/C15H18N2OS.HI/c1-11-6-7-14(12(2)9-11)17-15(19-3)16-10-13-5-4-8-18-13;/h4-9H,10H2,1-3H3,(H,16,17);1H/p-1. The average molecular weight is 401 g/mol. The first-order chi connectivity index (χ1) is 9.19. The van der Waals surface area contributed by atoms with Gasteiger partial charge in [-0.1, -0.05) is 29.5 Å². The summed E-state index contributed by atoms with van der Waals surface area (Å²) >= 11 is 1.60. The summed E-state index contributed by atoms with van der Waals surface area (Å²) in [4.78, 5) is 4.52. The van der Waals surface area contributed by atoms with Crippen molar-refractivity contribution in [3.8, 4) is 0 Å². The molecule has 0 bridgehead atoms. The minimum absolute atomic E-state index is 0. The van der Waals surface area contributed by atoms with Crippen molar-refractivity contribution in [2.45, 2.75) is 20.4 Å². The SMILES string of the molecule is CSC(=NCc1ccco1)Nc1ccc(C)cc1C.[I-]. The first kappa shape index (κ1) is 17.1. The first-order valence-corrected chi connectivity index (χ1v) is 7.36. The van der Waals surface area contributed by atoms with Gasteiger partial charge in [-0.3, -0.25) is 4.99 Å². The Hall–Kier alpha value is -0.950. The summed E-state index contributed by atoms with van der Waals surface area (Å²) < 4.78 is 5.27. The molecule has 0 unspecified atom stereocenters. The van der Waals surface area contributed by atoms with Crippen LogP contribution in [0.25, 0.3) is 0 Å². The number of amidine groups is 1. The molecule has 0 saturated heterocycles. The normalized spacial score (nSPS) is 11.1. The van der Waals surface area contributed by atoms with E-state index in [1.807, 2.05) is 18.4 Å². The lowest BCUT2D eigenvalue weighted by Crippen LogP contribution is -3.00. The van der Waals surface area contributed by atoms with Gasteiger partial charge in [0.05, 0.1) is 12.8 Å². The number of furan rings is 1. The molecule has 1 aromatic carbocycles. The highest BCUT2D eigenvalue weighted by atomic mass is 127. The Kier molecular flexibility index (Phi) is 7.15. The summed E-state index contributed by atoms with van der Waals surface area (Å²) in [6.45, 7) is 4.75. The first-order valence-electron chi connectivity index (χ1n) is 6.14. The van der Waals surface area contributed by atoms with Gasteiger partial charge in [0.15, 0.2) is 5.17 Å². The van der Waals surface area contributed by atoms with Gasteiger partial charge in [0, 0.05) is 5.69 Å². The highest BCUT2D eigenvalue weighted by Crippen LogP contribution is 2.18. The monoisotopic (exact) mass is 401 g/mol. The molecule has 0 aliphatic carbocycles. The number of aliphatic imine (C=N–C) groups is 1. The van der Waals surface area contributed by atoms with Crippen molar-refractivity contribution in [3.05, 3.63) is 53.5 Å². The molecule has 0 fully saturated rings. The van der Waals surface area contributed by atoms with Gasteiger partial charge in [-0.15, -0.1) is 0 Å². The lowest BCUT2D eigenvalue weighted by molar-refractivity contribution is -0.00000447. The molecule has 0 spiro atoms. The molecule has 0 aliphatic rings. The second-order valence-corrected chi connectivity index (χ2v) is 5.14. The molecule has 2 rings (SSSR count). The summed E-state index contributed by atoms with van der Waals surface area (Å²) in [5.74, 6) is 0.869. The van der Waals surface area contributed by atoms with Gasteiger partial charge >= 0.3 is 0 Å². The zero-order valence-corrected chi connectivity index (χ0v) is 14.8. The van der Waals surface area contributed by atoms with Crippen LogP contribution in [0.15, 0.2) is 46.0 Å². The molecular weight excluding hydrogens is 383 g/mol. The minimum Gasteiger partial charge on any atom is -1.00 e. The van der Waals surface area contributed by atoms with Crippen LogP contribution < -0.4 is 29.3 Å². The highest BCUT2D eigenvalue weighted by Gasteiger charge is 2.02. The molecule has 108 valence electrons. The van der Waals surface area contributed by atoms with Crippen LogP contribution in [-0.4, -0.2) is 11.4 Å². The predicted octanol–water partition coefficient (Wildman–Crippen LogP) is 1.23. The number of benzene rings is 1. The van der Waals surface area contributed by atoms with Crippen LogP contribution in [0, 0.1) is 13.8 Å². The Morgan fingerprint density at radius 1 is 1.30 bits per heavy atom. The number of rotatable bonds is 3. The smallest absolute Gasteiger partial charge is 0.161 e. The summed E-state index contributed by atoms with van der Waals surface area (Å²) in [7, 11) is 0. The number of hydrogen-bond donors (Lipinski definition) is 1. The highest BCUT2D eigenvalue weighted by molar-refractivity contribution is 8.13. The van der Waals surface area contributed by atoms with Crippen molar-refractivity contribution in [3.63, 3.8) is 0 Å². The van der Waals surface area contributed by atoms with Gasteiger partial charge in [-0.05, 0) is 43.9 Å². The van der Waals surface area contributed by atoms with Crippen molar-refractivity contribution >= 4 is 22.6 Å². The van der Waals surface area contributed by atoms with Gasteiger partial charge in [0.2, 0.25) is 0 Å². The van der Waals surface area contributed by atoms with Crippen molar-refractivity contribution < 1.29 is 28.4 Å². The molecule has 3 nitrogen and oxygen atoms in total. The van der Waals surface area contributed by atoms with Crippen molar-refractivity contribution in [1.82, 2.24) is 0 Å². The number of hydrogen-bond acceptors (Lipinski definition) is 3. The number of aryl methyl sites for hydroxylation is 2. The summed E-state index contributed by atoms with van der Waals surface area (Å²) in [5, 5.41) is 4.25. The van der Waals surface area contributed by atoms with Crippen molar-refractivity contribution in [1.29, 1.82) is 0 Å². The number of nitrogens with zero attached hydrogens (tertiary/aromatic N) is 1. The lowest BCUT2D eigenvalue weighted by Gasteiger charge is -2.10. The van der Waals surface area contributed by atoms with E-state index in [1.165, 1.54) is 11.1 Å². The molecule has 0 radical (unpaired) electrons. The van der Waals surface area contributed by atoms with Crippen LogP contribution in [0.4, 0.5) is 5.69 Å². The van der Waals surface area contributed by atoms with Crippen molar-refractivity contribution in [2.75, 3.05) is 11.6 Å². The summed E-state index contributed by atoms with van der Waals surface area (Å²) in [6.07, 6.45) is 3.68. The van der Waals surface area contributed by atoms with E-state index in [-0.39, 0.29) is 24.0 Å². The molecule has 20 heavy (non-hydrogen) atoms. The fourth-order valence-corrected chi connectivity index (χ4v) is 2.18. The molecule has 0 aliphatic heterocycles. The molecule has 0 saturated carbocycles. The zero-order chi connectivity index (χ0) is 13.7. The third kappa shape index (κ3) is 4.86. The maximum absolute atomic E-state index is 5.27. The van der Waals surface area contributed by atoms with Gasteiger partial charge < -0.3 is 33.7 Å².